The number of hydrogen-bond acceptors (Lipinski definition) is 10. The lowest BCUT2D eigenvalue weighted by molar-refractivity contribution is -0.137. The van der Waals surface area contributed by atoms with Crippen LogP contribution in [0, 0.1) is 0 Å². The highest BCUT2D eigenvalue weighted by Crippen LogP contribution is 2.31. The van der Waals surface area contributed by atoms with Gasteiger partial charge in [-0.25, -0.2) is 13.2 Å². The van der Waals surface area contributed by atoms with Crippen LogP contribution in [0.3, 0.4) is 0 Å². The molecule has 0 fully saturated rings. The number of hydrogen-bond donors (Lipinski definition) is 3. The number of aliphatic hydroxyl groups is 2. The number of benzene rings is 1. The minimum Gasteiger partial charge on any atom is -0.504 e. The number of carbonyl (C=O) groups excluding carboxylic acids is 3. The largest absolute Gasteiger partial charge is 0.504 e. The maximum absolute atomic E-state index is 12.5. The molecule has 0 bridgehead atoms. The molecule has 1 aromatic carbocycles. The van der Waals surface area contributed by atoms with Crippen LogP contribution in [0.4, 0.5) is 0 Å². The molecule has 166 valence electrons. The molecule has 0 aliphatic heterocycles. The summed E-state index contributed by atoms with van der Waals surface area (Å²) in [7, 11) is -3.29. The molecule has 1 heterocycles. The smallest absolute Gasteiger partial charge is 0.334 e. The zero-order chi connectivity index (χ0) is 23.2. The van der Waals surface area contributed by atoms with Crippen molar-refractivity contribution in [2.24, 2.45) is 5.73 Å². The van der Waals surface area contributed by atoms with Gasteiger partial charge in [0, 0.05) is 23.9 Å². The zero-order valence-electron chi connectivity index (χ0n) is 16.5. The Labute approximate surface area is 177 Å². The van der Waals surface area contributed by atoms with Crippen molar-refractivity contribution >= 4 is 33.1 Å². The fourth-order valence-electron chi connectivity index (χ4n) is 2.52. The van der Waals surface area contributed by atoms with Crippen LogP contribution in [-0.2, 0) is 19.4 Å². The number of ether oxygens (including phenoxy) is 1. The highest BCUT2D eigenvalue weighted by molar-refractivity contribution is 7.90. The van der Waals surface area contributed by atoms with Crippen LogP contribution >= 0.6 is 0 Å². The van der Waals surface area contributed by atoms with Crippen molar-refractivity contribution < 1.29 is 42.2 Å². The van der Waals surface area contributed by atoms with E-state index in [9.17, 15) is 27.9 Å². The summed E-state index contributed by atoms with van der Waals surface area (Å²) >= 11 is 0. The number of fused-ring (bicyclic) bond motifs is 2. The average molecular weight is 451 g/mol. The normalized spacial score (nSPS) is 13.1. The van der Waals surface area contributed by atoms with Gasteiger partial charge in [0.2, 0.25) is 5.78 Å². The number of aliphatic hydroxyl groups excluding tert-OH is 2. The van der Waals surface area contributed by atoms with E-state index in [4.69, 9.17) is 15.3 Å². The molecule has 10 nitrogen and oxygen atoms in total. The van der Waals surface area contributed by atoms with Crippen LogP contribution in [0.2, 0.25) is 0 Å². The second-order valence-electron chi connectivity index (χ2n) is 6.40. The minimum atomic E-state index is -3.29. The van der Waals surface area contributed by atoms with E-state index in [1.54, 1.807) is 12.1 Å². The Morgan fingerprint density at radius 1 is 1.16 bits per heavy atom. The molecule has 3 rings (SSSR count). The van der Waals surface area contributed by atoms with Gasteiger partial charge in [-0.1, -0.05) is 24.3 Å². The predicted octanol–water partition coefficient (Wildman–Crippen LogP) is 0.479. The summed E-state index contributed by atoms with van der Waals surface area (Å²) in [5.74, 6) is -3.42. The molecule has 0 saturated heterocycles. The van der Waals surface area contributed by atoms with E-state index in [1.807, 2.05) is 0 Å². The highest BCUT2D eigenvalue weighted by Gasteiger charge is 2.34. The Kier molecular flexibility index (Phi) is 7.86. The summed E-state index contributed by atoms with van der Waals surface area (Å²) in [5.41, 5.74) is 5.18. The number of sulfone groups is 1. The standard InChI is InChI=1S/C18H14O8S.C2H7NO/c1-27(23,24)7-6-25-15(20)9-13(19)14-8-12-16(21)10-4-2-3-5-11(10)17(22)18(12)26-14;3-1-2-4/h2-5,8-9,19H,6-7H2,1H3;4H,1-3H2/b13-9-;. The first-order valence-electron chi connectivity index (χ1n) is 8.97. The molecular weight excluding hydrogens is 430 g/mol. The van der Waals surface area contributed by atoms with Gasteiger partial charge >= 0.3 is 5.97 Å². The molecular formula is C20H21NO9S. The Morgan fingerprint density at radius 3 is 2.29 bits per heavy atom. The fraction of sp³-hybridized carbons (Fsp3) is 0.250. The fourth-order valence-corrected chi connectivity index (χ4v) is 2.91. The third kappa shape index (κ3) is 6.10. The SMILES string of the molecule is CS(=O)(=O)CCOC(=O)/C=C(\O)c1cc2c(o1)C(=O)c1ccccc1C2=O.NCCO. The number of rotatable bonds is 6. The number of ketones is 2. The van der Waals surface area contributed by atoms with E-state index in [2.05, 4.69) is 4.74 Å². The molecule has 0 amide bonds. The first-order chi connectivity index (χ1) is 14.6. The van der Waals surface area contributed by atoms with Gasteiger partial charge in [-0.3, -0.25) is 9.59 Å². The number of esters is 1. The minimum absolute atomic E-state index is 0.0147. The van der Waals surface area contributed by atoms with E-state index >= 15 is 0 Å². The van der Waals surface area contributed by atoms with E-state index in [0.29, 0.717) is 12.6 Å². The third-order valence-corrected chi connectivity index (χ3v) is 4.84. The predicted molar refractivity (Wildman–Crippen MR) is 109 cm³/mol. The van der Waals surface area contributed by atoms with Crippen molar-refractivity contribution in [2.45, 2.75) is 0 Å². The number of nitrogens with two attached hydrogens (primary N) is 1. The van der Waals surface area contributed by atoms with Crippen molar-refractivity contribution in [3.63, 3.8) is 0 Å². The molecule has 1 aliphatic carbocycles. The van der Waals surface area contributed by atoms with Crippen LogP contribution in [0.5, 0.6) is 0 Å². The van der Waals surface area contributed by atoms with E-state index in [1.165, 1.54) is 18.2 Å². The maximum atomic E-state index is 12.5. The van der Waals surface area contributed by atoms with Crippen LogP contribution in [0.1, 0.15) is 37.8 Å². The van der Waals surface area contributed by atoms with E-state index < -0.39 is 33.1 Å². The first-order valence-corrected chi connectivity index (χ1v) is 11.0. The molecule has 0 radical (unpaired) electrons. The van der Waals surface area contributed by atoms with Crippen LogP contribution in [-0.4, -0.2) is 67.9 Å². The Morgan fingerprint density at radius 2 is 1.74 bits per heavy atom. The molecule has 11 heteroatoms. The van der Waals surface area contributed by atoms with E-state index in [-0.39, 0.29) is 47.2 Å². The Hall–Kier alpha value is -3.28. The number of carbonyl (C=O) groups is 3. The van der Waals surface area contributed by atoms with Gasteiger partial charge < -0.3 is 25.1 Å². The van der Waals surface area contributed by atoms with Crippen molar-refractivity contribution in [3.8, 4) is 0 Å². The zero-order valence-corrected chi connectivity index (χ0v) is 17.3. The molecule has 1 aliphatic rings. The quantitative estimate of drug-likeness (QED) is 0.271. The molecule has 1 aromatic heterocycles. The summed E-state index contributed by atoms with van der Waals surface area (Å²) in [6.45, 7) is 0.0996. The van der Waals surface area contributed by atoms with Crippen molar-refractivity contribution in [2.75, 3.05) is 31.8 Å². The molecule has 0 saturated carbocycles. The summed E-state index contributed by atoms with van der Waals surface area (Å²) in [5, 5.41) is 17.8. The van der Waals surface area contributed by atoms with Crippen LogP contribution in [0.15, 0.2) is 40.8 Å². The van der Waals surface area contributed by atoms with Crippen molar-refractivity contribution in [1.29, 1.82) is 0 Å². The summed E-state index contributed by atoms with van der Waals surface area (Å²) in [4.78, 5) is 36.6. The molecule has 0 atom stereocenters. The highest BCUT2D eigenvalue weighted by atomic mass is 32.2. The summed E-state index contributed by atoms with van der Waals surface area (Å²) in [6, 6.07) is 7.42. The monoisotopic (exact) mass is 451 g/mol. The second-order valence-corrected chi connectivity index (χ2v) is 8.66. The lowest BCUT2D eigenvalue weighted by Gasteiger charge is -2.11. The third-order valence-electron chi connectivity index (χ3n) is 3.93. The van der Waals surface area contributed by atoms with Crippen molar-refractivity contribution in [1.82, 2.24) is 0 Å². The van der Waals surface area contributed by atoms with Gasteiger partial charge in [0.1, 0.15) is 6.61 Å². The first kappa shape index (κ1) is 24.0. The molecule has 2 aromatic rings. The Balaban J connectivity index is 0.000000785. The van der Waals surface area contributed by atoms with Gasteiger partial charge in [0.15, 0.2) is 32.9 Å². The Bertz CT molecular complexity index is 1070. The van der Waals surface area contributed by atoms with Gasteiger partial charge in [-0.2, -0.15) is 0 Å². The average Bonchev–Trinajstić information content (AvgIpc) is 3.17. The second kappa shape index (κ2) is 10.2. The topological polar surface area (TPSA) is 174 Å². The molecule has 0 spiro atoms. The van der Waals surface area contributed by atoms with Gasteiger partial charge in [-0.05, 0) is 6.07 Å². The molecule has 4 N–H and O–H groups in total. The maximum Gasteiger partial charge on any atom is 0.334 e. The summed E-state index contributed by atoms with van der Waals surface area (Å²) in [6.07, 6.45) is 1.67. The van der Waals surface area contributed by atoms with Gasteiger partial charge in [0.25, 0.3) is 0 Å². The van der Waals surface area contributed by atoms with E-state index in [0.717, 1.165) is 6.26 Å². The van der Waals surface area contributed by atoms with Gasteiger partial charge in [-0.15, -0.1) is 0 Å². The van der Waals surface area contributed by atoms with Gasteiger partial charge in [0.05, 0.1) is 24.0 Å². The molecule has 0 unspecified atom stereocenters. The summed E-state index contributed by atoms with van der Waals surface area (Å²) < 4.78 is 31.9. The lowest BCUT2D eigenvalue weighted by atomic mass is 9.88. The van der Waals surface area contributed by atoms with Crippen LogP contribution < -0.4 is 5.73 Å². The van der Waals surface area contributed by atoms with Crippen LogP contribution in [0.25, 0.3) is 5.76 Å². The molecule has 31 heavy (non-hydrogen) atoms. The lowest BCUT2D eigenvalue weighted by Crippen LogP contribution is -2.18. The number of furan rings is 1. The van der Waals surface area contributed by atoms with Crippen molar-refractivity contribution in [3.05, 3.63) is 64.6 Å².